The van der Waals surface area contributed by atoms with Gasteiger partial charge >= 0.3 is 0 Å². The highest BCUT2D eigenvalue weighted by molar-refractivity contribution is 7.80. The number of benzene rings is 1. The first kappa shape index (κ1) is 20.7. The van der Waals surface area contributed by atoms with Crippen LogP contribution in [0.1, 0.15) is 29.3 Å². The number of ether oxygens (including phenoxy) is 2. The summed E-state index contributed by atoms with van der Waals surface area (Å²) in [6.07, 6.45) is 1.77. The third-order valence-electron chi connectivity index (χ3n) is 4.89. The fraction of sp³-hybridized carbons (Fsp3) is 0.273. The molecule has 30 heavy (non-hydrogen) atoms. The molecule has 0 bridgehead atoms. The van der Waals surface area contributed by atoms with Gasteiger partial charge in [-0.05, 0) is 61.6 Å². The smallest absolute Gasteiger partial charge is 0.174 e. The van der Waals surface area contributed by atoms with E-state index in [1.165, 1.54) is 0 Å². The zero-order chi connectivity index (χ0) is 21.1. The number of aromatic nitrogens is 1. The van der Waals surface area contributed by atoms with E-state index in [2.05, 4.69) is 10.3 Å². The molecule has 1 aromatic carbocycles. The van der Waals surface area contributed by atoms with Crippen molar-refractivity contribution in [3.05, 3.63) is 77.0 Å². The van der Waals surface area contributed by atoms with E-state index in [-0.39, 0.29) is 12.1 Å². The summed E-state index contributed by atoms with van der Waals surface area (Å²) in [7, 11) is 1.63. The molecule has 0 radical (unpaired) electrons. The van der Waals surface area contributed by atoms with Crippen molar-refractivity contribution >= 4 is 34.6 Å². The topological polar surface area (TPSA) is 59.8 Å². The van der Waals surface area contributed by atoms with E-state index in [0.29, 0.717) is 29.1 Å². The van der Waals surface area contributed by atoms with E-state index in [1.807, 2.05) is 60.4 Å². The monoisotopic (exact) mass is 443 g/mol. The maximum Gasteiger partial charge on any atom is 0.174 e. The van der Waals surface area contributed by atoms with Gasteiger partial charge in [0.1, 0.15) is 29.9 Å². The molecule has 0 spiro atoms. The van der Waals surface area contributed by atoms with E-state index >= 15 is 0 Å². The van der Waals surface area contributed by atoms with Crippen LogP contribution < -0.4 is 15.0 Å². The molecule has 1 fully saturated rings. The van der Waals surface area contributed by atoms with Gasteiger partial charge in [-0.2, -0.15) is 0 Å². The number of methoxy groups -OCH3 is 1. The Morgan fingerprint density at radius 1 is 1.20 bits per heavy atom. The molecule has 8 heteroatoms. The van der Waals surface area contributed by atoms with Crippen LogP contribution in [0.4, 0.5) is 5.69 Å². The summed E-state index contributed by atoms with van der Waals surface area (Å²) in [6.45, 7) is 2.84. The second-order valence-electron chi connectivity index (χ2n) is 6.90. The van der Waals surface area contributed by atoms with E-state index < -0.39 is 0 Å². The zero-order valence-electron chi connectivity index (χ0n) is 16.7. The number of aryl methyl sites for hydroxylation is 1. The standard InChI is InChI=1S/C22H22ClN3O3S/c1-14-6-8-19(29-14)21-20(17-5-3-4-10-24-17)25-22(30)26(21)15-7-9-18(16(23)13-15)28-12-11-27-2/h3-10,13,20-21H,11-12H2,1-2H3,(H,25,30)/t20-,21+/m0/s1. The number of furan rings is 1. The molecule has 0 amide bonds. The van der Waals surface area contributed by atoms with Crippen molar-refractivity contribution in [3.63, 3.8) is 0 Å². The van der Waals surface area contributed by atoms with Crippen LogP contribution in [-0.4, -0.2) is 30.4 Å². The van der Waals surface area contributed by atoms with E-state index in [9.17, 15) is 0 Å². The predicted molar refractivity (Wildman–Crippen MR) is 120 cm³/mol. The molecule has 1 N–H and O–H groups in total. The quantitative estimate of drug-likeness (QED) is 0.414. The van der Waals surface area contributed by atoms with Crippen molar-refractivity contribution < 1.29 is 13.9 Å². The summed E-state index contributed by atoms with van der Waals surface area (Å²) >= 11 is 12.2. The summed E-state index contributed by atoms with van der Waals surface area (Å²) in [5, 5.41) is 4.48. The normalized spacial score (nSPS) is 18.5. The van der Waals surface area contributed by atoms with Crippen molar-refractivity contribution in [2.24, 2.45) is 0 Å². The fourth-order valence-corrected chi connectivity index (χ4v) is 4.10. The third-order valence-corrected chi connectivity index (χ3v) is 5.50. The number of nitrogens with zero attached hydrogens (tertiary/aromatic N) is 2. The molecule has 0 unspecified atom stereocenters. The average Bonchev–Trinajstić information content (AvgIpc) is 3.33. The molecule has 2 atom stereocenters. The van der Waals surface area contributed by atoms with Crippen molar-refractivity contribution in [2.75, 3.05) is 25.2 Å². The maximum absolute atomic E-state index is 6.49. The molecule has 1 aliphatic heterocycles. The van der Waals surface area contributed by atoms with Gasteiger partial charge in [0, 0.05) is 19.0 Å². The van der Waals surface area contributed by atoms with Crippen LogP contribution in [0, 0.1) is 6.92 Å². The van der Waals surface area contributed by atoms with Crippen LogP contribution >= 0.6 is 23.8 Å². The highest BCUT2D eigenvalue weighted by Gasteiger charge is 2.42. The van der Waals surface area contributed by atoms with Gasteiger partial charge in [0.25, 0.3) is 0 Å². The van der Waals surface area contributed by atoms with Crippen LogP contribution in [0.2, 0.25) is 5.02 Å². The van der Waals surface area contributed by atoms with E-state index in [1.54, 1.807) is 13.3 Å². The molecule has 2 aromatic heterocycles. The third kappa shape index (κ3) is 4.14. The Balaban J connectivity index is 1.70. The Morgan fingerprint density at radius 2 is 2.07 bits per heavy atom. The first-order valence-electron chi connectivity index (χ1n) is 9.57. The SMILES string of the molecule is COCCOc1ccc(N2C(=S)N[C@@H](c3ccccn3)[C@H]2c2ccc(C)o2)cc1Cl. The van der Waals surface area contributed by atoms with Gasteiger partial charge < -0.3 is 24.1 Å². The highest BCUT2D eigenvalue weighted by atomic mass is 35.5. The molecule has 3 heterocycles. The Morgan fingerprint density at radius 3 is 2.73 bits per heavy atom. The zero-order valence-corrected chi connectivity index (χ0v) is 18.2. The summed E-state index contributed by atoms with van der Waals surface area (Å²) in [6, 6.07) is 15.0. The van der Waals surface area contributed by atoms with E-state index in [4.69, 9.17) is 37.7 Å². The van der Waals surface area contributed by atoms with Crippen LogP contribution in [-0.2, 0) is 4.74 Å². The molecule has 0 aliphatic carbocycles. The van der Waals surface area contributed by atoms with Gasteiger partial charge in [-0.25, -0.2) is 0 Å². The molecule has 3 aromatic rings. The number of pyridine rings is 1. The largest absolute Gasteiger partial charge is 0.490 e. The molecule has 156 valence electrons. The molecule has 1 aliphatic rings. The first-order chi connectivity index (χ1) is 14.6. The van der Waals surface area contributed by atoms with Gasteiger partial charge in [-0.3, -0.25) is 4.98 Å². The van der Waals surface area contributed by atoms with E-state index in [0.717, 1.165) is 22.9 Å². The molecular formula is C22H22ClN3O3S. The van der Waals surface area contributed by atoms with Crippen molar-refractivity contribution in [1.82, 2.24) is 10.3 Å². The van der Waals surface area contributed by atoms with Crippen LogP contribution in [0.15, 0.2) is 59.1 Å². The van der Waals surface area contributed by atoms with Gasteiger partial charge in [0.05, 0.1) is 23.4 Å². The van der Waals surface area contributed by atoms with Crippen molar-refractivity contribution in [2.45, 2.75) is 19.0 Å². The highest BCUT2D eigenvalue weighted by Crippen LogP contribution is 2.43. The molecular weight excluding hydrogens is 422 g/mol. The van der Waals surface area contributed by atoms with Crippen molar-refractivity contribution in [3.8, 4) is 5.75 Å². The lowest BCUT2D eigenvalue weighted by Gasteiger charge is -2.26. The Labute approximate surface area is 185 Å². The minimum atomic E-state index is -0.211. The number of anilines is 1. The molecule has 4 rings (SSSR count). The summed E-state index contributed by atoms with van der Waals surface area (Å²) in [5.74, 6) is 2.23. The predicted octanol–water partition coefficient (Wildman–Crippen LogP) is 4.84. The summed E-state index contributed by atoms with van der Waals surface area (Å²) < 4.78 is 16.7. The average molecular weight is 444 g/mol. The Kier molecular flexibility index (Phi) is 6.22. The number of halogens is 1. The lowest BCUT2D eigenvalue weighted by atomic mass is 10.0. The number of thiocarbonyl (C=S) groups is 1. The first-order valence-corrected chi connectivity index (χ1v) is 10.4. The number of rotatable bonds is 7. The number of nitrogens with one attached hydrogen (secondary N) is 1. The van der Waals surface area contributed by atoms with Crippen LogP contribution in [0.5, 0.6) is 5.75 Å². The lowest BCUT2D eigenvalue weighted by molar-refractivity contribution is 0.146. The molecule has 0 saturated carbocycles. The van der Waals surface area contributed by atoms with Gasteiger partial charge in [0.2, 0.25) is 0 Å². The summed E-state index contributed by atoms with van der Waals surface area (Å²) in [5.41, 5.74) is 1.72. The second-order valence-corrected chi connectivity index (χ2v) is 7.69. The van der Waals surface area contributed by atoms with Crippen LogP contribution in [0.25, 0.3) is 0 Å². The Bertz CT molecular complexity index is 1030. The maximum atomic E-state index is 6.49. The minimum absolute atomic E-state index is 0.166. The molecule has 6 nitrogen and oxygen atoms in total. The van der Waals surface area contributed by atoms with Gasteiger partial charge in [-0.1, -0.05) is 17.7 Å². The summed E-state index contributed by atoms with van der Waals surface area (Å²) in [4.78, 5) is 6.54. The minimum Gasteiger partial charge on any atom is -0.490 e. The molecule has 1 saturated heterocycles. The second kappa shape index (κ2) is 9.04. The fourth-order valence-electron chi connectivity index (χ4n) is 3.53. The van der Waals surface area contributed by atoms with Gasteiger partial charge in [0.15, 0.2) is 5.11 Å². The number of hydrogen-bond acceptors (Lipinski definition) is 5. The van der Waals surface area contributed by atoms with Crippen LogP contribution in [0.3, 0.4) is 0 Å². The Hall–Kier alpha value is -2.61. The van der Waals surface area contributed by atoms with Crippen molar-refractivity contribution in [1.29, 1.82) is 0 Å². The van der Waals surface area contributed by atoms with Gasteiger partial charge in [-0.15, -0.1) is 0 Å². The lowest BCUT2D eigenvalue weighted by Crippen LogP contribution is -2.29. The number of hydrogen-bond donors (Lipinski definition) is 1.